The molecule has 2 N–H and O–H groups in total. The molecule has 0 spiro atoms. The van der Waals surface area contributed by atoms with E-state index >= 15 is 0 Å². The van der Waals surface area contributed by atoms with Crippen LogP contribution >= 0.6 is 11.8 Å². The molecule has 0 saturated heterocycles. The number of carbonyl (C=O) groups is 1. The third kappa shape index (κ3) is 5.43. The fraction of sp³-hybridized carbons (Fsp3) is 0.533. The zero-order chi connectivity index (χ0) is 15.0. The molecule has 0 aliphatic carbocycles. The van der Waals surface area contributed by atoms with E-state index < -0.39 is 5.60 Å². The van der Waals surface area contributed by atoms with Crippen molar-refractivity contribution < 1.29 is 14.6 Å². The van der Waals surface area contributed by atoms with Gasteiger partial charge in [0.25, 0.3) is 5.91 Å². The summed E-state index contributed by atoms with van der Waals surface area (Å²) in [6.07, 6.45) is 2.63. The van der Waals surface area contributed by atoms with Crippen LogP contribution in [0.15, 0.2) is 24.3 Å². The van der Waals surface area contributed by atoms with E-state index in [-0.39, 0.29) is 12.5 Å². The molecule has 0 radical (unpaired) electrons. The van der Waals surface area contributed by atoms with Crippen LogP contribution in [-0.4, -0.2) is 41.8 Å². The highest BCUT2D eigenvalue weighted by molar-refractivity contribution is 7.98. The van der Waals surface area contributed by atoms with E-state index in [0.29, 0.717) is 24.3 Å². The van der Waals surface area contributed by atoms with Crippen molar-refractivity contribution in [2.75, 3.05) is 25.2 Å². The van der Waals surface area contributed by atoms with Crippen molar-refractivity contribution in [3.05, 3.63) is 29.8 Å². The van der Waals surface area contributed by atoms with Crippen LogP contribution in [0.3, 0.4) is 0 Å². The number of rotatable bonds is 8. The summed E-state index contributed by atoms with van der Waals surface area (Å²) in [5.41, 5.74) is -0.394. The van der Waals surface area contributed by atoms with Gasteiger partial charge in [0.1, 0.15) is 5.75 Å². The molecule has 1 unspecified atom stereocenters. The summed E-state index contributed by atoms with van der Waals surface area (Å²) >= 11 is 1.68. The monoisotopic (exact) mass is 297 g/mol. The molecule has 0 heterocycles. The van der Waals surface area contributed by atoms with Crippen molar-refractivity contribution in [2.45, 2.75) is 25.9 Å². The van der Waals surface area contributed by atoms with Crippen LogP contribution < -0.4 is 10.1 Å². The van der Waals surface area contributed by atoms with Crippen molar-refractivity contribution in [3.63, 3.8) is 0 Å². The number of para-hydroxylation sites is 1. The largest absolute Gasteiger partial charge is 0.493 e. The molecule has 0 aromatic heterocycles. The van der Waals surface area contributed by atoms with Crippen molar-refractivity contribution >= 4 is 17.7 Å². The van der Waals surface area contributed by atoms with E-state index in [4.69, 9.17) is 4.74 Å². The molecule has 1 aromatic carbocycles. The van der Waals surface area contributed by atoms with Gasteiger partial charge in [0.15, 0.2) is 0 Å². The molecule has 0 aliphatic rings. The molecular weight excluding hydrogens is 274 g/mol. The highest BCUT2D eigenvalue weighted by atomic mass is 32.2. The molecule has 112 valence electrons. The molecule has 1 rings (SSSR count). The summed E-state index contributed by atoms with van der Waals surface area (Å²) in [4.78, 5) is 12.2. The second-order valence-corrected chi connectivity index (χ2v) is 5.84. The van der Waals surface area contributed by atoms with Gasteiger partial charge in [-0.1, -0.05) is 12.1 Å². The first-order valence-electron chi connectivity index (χ1n) is 6.71. The van der Waals surface area contributed by atoms with Gasteiger partial charge < -0.3 is 15.2 Å². The van der Waals surface area contributed by atoms with Crippen molar-refractivity contribution in [1.82, 2.24) is 5.32 Å². The van der Waals surface area contributed by atoms with Gasteiger partial charge in [-0.15, -0.1) is 0 Å². The molecule has 20 heavy (non-hydrogen) atoms. The van der Waals surface area contributed by atoms with Gasteiger partial charge in [0.2, 0.25) is 0 Å². The number of amides is 1. The van der Waals surface area contributed by atoms with E-state index in [0.717, 1.165) is 5.75 Å². The molecule has 1 aromatic rings. The van der Waals surface area contributed by atoms with E-state index in [1.54, 1.807) is 36.9 Å². The third-order valence-electron chi connectivity index (χ3n) is 2.91. The summed E-state index contributed by atoms with van der Waals surface area (Å²) in [6.45, 7) is 4.35. The first-order valence-corrected chi connectivity index (χ1v) is 8.11. The second-order valence-electron chi connectivity index (χ2n) is 4.85. The minimum absolute atomic E-state index is 0.224. The summed E-state index contributed by atoms with van der Waals surface area (Å²) < 4.78 is 5.43. The highest BCUT2D eigenvalue weighted by Crippen LogP contribution is 2.18. The molecule has 0 aliphatic heterocycles. The lowest BCUT2D eigenvalue weighted by Crippen LogP contribution is -2.41. The van der Waals surface area contributed by atoms with E-state index in [2.05, 4.69) is 5.32 Å². The Kier molecular flexibility index (Phi) is 6.88. The Hall–Kier alpha value is -1.20. The molecule has 4 nitrogen and oxygen atoms in total. The summed E-state index contributed by atoms with van der Waals surface area (Å²) in [5.74, 6) is 1.20. The lowest BCUT2D eigenvalue weighted by atomic mass is 10.0. The first-order chi connectivity index (χ1) is 9.50. The van der Waals surface area contributed by atoms with Gasteiger partial charge in [0.05, 0.1) is 17.8 Å². The SMILES string of the molecule is CCOc1ccccc1C(=O)NCC(C)(O)CCSC. The normalized spacial score (nSPS) is 13.6. The maximum absolute atomic E-state index is 12.2. The highest BCUT2D eigenvalue weighted by Gasteiger charge is 2.21. The summed E-state index contributed by atoms with van der Waals surface area (Å²) in [6, 6.07) is 7.11. The number of thioether (sulfide) groups is 1. The number of hydrogen-bond acceptors (Lipinski definition) is 4. The minimum atomic E-state index is -0.890. The van der Waals surface area contributed by atoms with Crippen LogP contribution in [0.5, 0.6) is 5.75 Å². The molecular formula is C15H23NO3S. The molecule has 1 atom stereocenters. The standard InChI is InChI=1S/C15H23NO3S/c1-4-19-13-8-6-5-7-12(13)14(17)16-11-15(2,18)9-10-20-3/h5-8,18H,4,9-11H2,1-3H3,(H,16,17). The maximum atomic E-state index is 12.2. The van der Waals surface area contributed by atoms with E-state index in [9.17, 15) is 9.90 Å². The number of benzene rings is 1. The predicted octanol–water partition coefficient (Wildman–Crippen LogP) is 2.32. The Balaban J connectivity index is 2.63. The first kappa shape index (κ1) is 16.9. The minimum Gasteiger partial charge on any atom is -0.493 e. The molecule has 0 fully saturated rings. The van der Waals surface area contributed by atoms with Crippen molar-refractivity contribution in [3.8, 4) is 5.75 Å². The molecule has 0 bridgehead atoms. The van der Waals surface area contributed by atoms with E-state index in [1.807, 2.05) is 19.2 Å². The maximum Gasteiger partial charge on any atom is 0.255 e. The number of carbonyl (C=O) groups excluding carboxylic acids is 1. The van der Waals surface area contributed by atoms with E-state index in [1.165, 1.54) is 0 Å². The Bertz CT molecular complexity index is 435. The Morgan fingerprint density at radius 2 is 2.15 bits per heavy atom. The lowest BCUT2D eigenvalue weighted by molar-refractivity contribution is 0.0527. The summed E-state index contributed by atoms with van der Waals surface area (Å²) in [5, 5.41) is 12.9. The van der Waals surface area contributed by atoms with Crippen molar-refractivity contribution in [2.24, 2.45) is 0 Å². The third-order valence-corrected chi connectivity index (χ3v) is 3.52. The van der Waals surface area contributed by atoms with Crippen LogP contribution in [0.25, 0.3) is 0 Å². The average Bonchev–Trinajstić information content (AvgIpc) is 2.44. The number of aliphatic hydroxyl groups is 1. The van der Waals surface area contributed by atoms with Crippen LogP contribution in [0.4, 0.5) is 0 Å². The molecule has 1 amide bonds. The second kappa shape index (κ2) is 8.17. The number of ether oxygens (including phenoxy) is 1. The Labute approximate surface area is 124 Å². The summed E-state index contributed by atoms with van der Waals surface area (Å²) in [7, 11) is 0. The van der Waals surface area contributed by atoms with Gasteiger partial charge >= 0.3 is 0 Å². The fourth-order valence-corrected chi connectivity index (χ4v) is 2.36. The zero-order valence-electron chi connectivity index (χ0n) is 12.3. The Morgan fingerprint density at radius 3 is 2.80 bits per heavy atom. The lowest BCUT2D eigenvalue weighted by Gasteiger charge is -2.23. The van der Waals surface area contributed by atoms with Gasteiger partial charge in [-0.3, -0.25) is 4.79 Å². The van der Waals surface area contributed by atoms with Gasteiger partial charge in [-0.05, 0) is 44.4 Å². The van der Waals surface area contributed by atoms with Gasteiger partial charge in [0, 0.05) is 6.54 Å². The zero-order valence-corrected chi connectivity index (χ0v) is 13.1. The Morgan fingerprint density at radius 1 is 1.45 bits per heavy atom. The van der Waals surface area contributed by atoms with Crippen LogP contribution in [-0.2, 0) is 0 Å². The number of nitrogens with one attached hydrogen (secondary N) is 1. The predicted molar refractivity (Wildman–Crippen MR) is 83.6 cm³/mol. The average molecular weight is 297 g/mol. The van der Waals surface area contributed by atoms with Crippen LogP contribution in [0.1, 0.15) is 30.6 Å². The van der Waals surface area contributed by atoms with Gasteiger partial charge in [-0.25, -0.2) is 0 Å². The fourth-order valence-electron chi connectivity index (χ4n) is 1.71. The topological polar surface area (TPSA) is 58.6 Å². The molecule has 5 heteroatoms. The smallest absolute Gasteiger partial charge is 0.255 e. The van der Waals surface area contributed by atoms with Crippen molar-refractivity contribution in [1.29, 1.82) is 0 Å². The van der Waals surface area contributed by atoms with Gasteiger partial charge in [-0.2, -0.15) is 11.8 Å². The quantitative estimate of drug-likeness (QED) is 0.773. The van der Waals surface area contributed by atoms with Crippen LogP contribution in [0, 0.1) is 0 Å². The van der Waals surface area contributed by atoms with Crippen LogP contribution in [0.2, 0.25) is 0 Å². The molecule has 0 saturated carbocycles. The number of hydrogen-bond donors (Lipinski definition) is 2.